The van der Waals surface area contributed by atoms with Crippen LogP contribution in [0.1, 0.15) is 24.4 Å². The summed E-state index contributed by atoms with van der Waals surface area (Å²) >= 11 is 3.44. The van der Waals surface area contributed by atoms with Gasteiger partial charge >= 0.3 is 0 Å². The molecule has 0 fully saturated rings. The lowest BCUT2D eigenvalue weighted by molar-refractivity contribution is 0.0119. The van der Waals surface area contributed by atoms with Crippen molar-refractivity contribution in [3.05, 3.63) is 58.5 Å². The lowest BCUT2D eigenvalue weighted by Crippen LogP contribution is -2.26. The van der Waals surface area contributed by atoms with E-state index in [4.69, 9.17) is 14.9 Å². The fourth-order valence-corrected chi connectivity index (χ4v) is 2.21. The SMILES string of the molecule is CC(N)C(OCc1cccc(Br)c1)c1ccco1. The molecule has 2 atom stereocenters. The monoisotopic (exact) mass is 309 g/mol. The van der Waals surface area contributed by atoms with Gasteiger partial charge in [-0.15, -0.1) is 0 Å². The maximum absolute atomic E-state index is 5.93. The first kappa shape index (κ1) is 13.3. The second-order valence-electron chi connectivity index (χ2n) is 4.24. The van der Waals surface area contributed by atoms with Gasteiger partial charge in [0.1, 0.15) is 11.9 Å². The standard InChI is InChI=1S/C14H16BrNO2/c1-10(16)14(13-6-3-7-17-13)18-9-11-4-2-5-12(15)8-11/h2-8,10,14H,9,16H2,1H3. The molecule has 3 nitrogen and oxygen atoms in total. The first-order valence-corrected chi connectivity index (χ1v) is 6.61. The Morgan fingerprint density at radius 2 is 2.17 bits per heavy atom. The molecule has 4 heteroatoms. The minimum absolute atomic E-state index is 0.122. The first-order chi connectivity index (χ1) is 8.66. The smallest absolute Gasteiger partial charge is 0.134 e. The lowest BCUT2D eigenvalue weighted by atomic mass is 10.1. The number of hydrogen-bond donors (Lipinski definition) is 1. The summed E-state index contributed by atoms with van der Waals surface area (Å²) < 4.78 is 12.2. The third-order valence-electron chi connectivity index (χ3n) is 2.62. The molecule has 1 aromatic carbocycles. The minimum Gasteiger partial charge on any atom is -0.467 e. The Balaban J connectivity index is 2.03. The van der Waals surface area contributed by atoms with Gasteiger partial charge < -0.3 is 14.9 Å². The summed E-state index contributed by atoms with van der Waals surface area (Å²) in [5.74, 6) is 0.764. The molecule has 0 aliphatic carbocycles. The summed E-state index contributed by atoms with van der Waals surface area (Å²) in [6, 6.07) is 11.6. The van der Waals surface area contributed by atoms with Gasteiger partial charge in [-0.25, -0.2) is 0 Å². The summed E-state index contributed by atoms with van der Waals surface area (Å²) in [4.78, 5) is 0. The van der Waals surface area contributed by atoms with Gasteiger partial charge in [0, 0.05) is 10.5 Å². The molecule has 96 valence electrons. The van der Waals surface area contributed by atoms with Crippen molar-refractivity contribution < 1.29 is 9.15 Å². The molecule has 0 aliphatic heterocycles. The predicted octanol–water partition coefficient (Wildman–Crippen LogP) is 3.65. The highest BCUT2D eigenvalue weighted by Crippen LogP contribution is 2.23. The van der Waals surface area contributed by atoms with Crippen molar-refractivity contribution in [3.63, 3.8) is 0 Å². The maximum Gasteiger partial charge on any atom is 0.134 e. The molecule has 0 saturated carbocycles. The van der Waals surface area contributed by atoms with Crippen molar-refractivity contribution >= 4 is 15.9 Å². The fraction of sp³-hybridized carbons (Fsp3) is 0.286. The molecule has 0 radical (unpaired) electrons. The maximum atomic E-state index is 5.93. The van der Waals surface area contributed by atoms with Crippen LogP contribution in [0.3, 0.4) is 0 Å². The van der Waals surface area contributed by atoms with Crippen LogP contribution in [0.25, 0.3) is 0 Å². The van der Waals surface area contributed by atoms with E-state index >= 15 is 0 Å². The Bertz CT molecular complexity index is 482. The third-order valence-corrected chi connectivity index (χ3v) is 3.11. The Hall–Kier alpha value is -1.10. The van der Waals surface area contributed by atoms with Gasteiger partial charge in [0.15, 0.2) is 0 Å². The Kier molecular flexibility index (Phi) is 4.58. The highest BCUT2D eigenvalue weighted by atomic mass is 79.9. The summed E-state index contributed by atoms with van der Waals surface area (Å²) in [7, 11) is 0. The third kappa shape index (κ3) is 3.45. The number of benzene rings is 1. The Morgan fingerprint density at radius 3 is 2.78 bits per heavy atom. The largest absolute Gasteiger partial charge is 0.467 e. The van der Waals surface area contributed by atoms with E-state index in [2.05, 4.69) is 15.9 Å². The van der Waals surface area contributed by atoms with Crippen LogP contribution in [-0.4, -0.2) is 6.04 Å². The summed E-state index contributed by atoms with van der Waals surface area (Å²) in [5.41, 5.74) is 7.03. The van der Waals surface area contributed by atoms with E-state index in [1.807, 2.05) is 43.3 Å². The molecule has 1 aromatic heterocycles. The zero-order valence-corrected chi connectivity index (χ0v) is 11.8. The molecule has 2 rings (SSSR count). The van der Waals surface area contributed by atoms with E-state index in [9.17, 15) is 0 Å². The van der Waals surface area contributed by atoms with Gasteiger partial charge in [-0.05, 0) is 36.8 Å². The normalized spacial score (nSPS) is 14.4. The number of nitrogens with two attached hydrogens (primary N) is 1. The van der Waals surface area contributed by atoms with E-state index in [0.717, 1.165) is 15.8 Å². The number of hydrogen-bond acceptors (Lipinski definition) is 3. The molecule has 2 unspecified atom stereocenters. The number of halogens is 1. The van der Waals surface area contributed by atoms with E-state index < -0.39 is 0 Å². The molecule has 0 amide bonds. The zero-order chi connectivity index (χ0) is 13.0. The molecule has 1 heterocycles. The quantitative estimate of drug-likeness (QED) is 0.917. The molecule has 0 bridgehead atoms. The number of ether oxygens (including phenoxy) is 1. The van der Waals surface area contributed by atoms with Gasteiger partial charge in [0.25, 0.3) is 0 Å². The number of rotatable bonds is 5. The molecular weight excluding hydrogens is 294 g/mol. The highest BCUT2D eigenvalue weighted by molar-refractivity contribution is 9.10. The van der Waals surface area contributed by atoms with Gasteiger partial charge in [0.05, 0.1) is 12.9 Å². The average Bonchev–Trinajstić information content (AvgIpc) is 2.82. The van der Waals surface area contributed by atoms with Crippen LogP contribution in [0.5, 0.6) is 0 Å². The van der Waals surface area contributed by atoms with Gasteiger partial charge in [-0.2, -0.15) is 0 Å². The topological polar surface area (TPSA) is 48.4 Å². The second-order valence-corrected chi connectivity index (χ2v) is 5.15. The molecule has 0 saturated heterocycles. The van der Waals surface area contributed by atoms with Crippen molar-refractivity contribution in [3.8, 4) is 0 Å². The summed E-state index contributed by atoms with van der Waals surface area (Å²) in [5, 5.41) is 0. The number of furan rings is 1. The molecule has 0 aliphatic rings. The molecular formula is C14H16BrNO2. The van der Waals surface area contributed by atoms with Crippen molar-refractivity contribution in [2.45, 2.75) is 25.7 Å². The fourth-order valence-electron chi connectivity index (χ4n) is 1.76. The van der Waals surface area contributed by atoms with Gasteiger partial charge in [-0.1, -0.05) is 28.1 Å². The first-order valence-electron chi connectivity index (χ1n) is 5.82. The van der Waals surface area contributed by atoms with Crippen LogP contribution in [0.4, 0.5) is 0 Å². The van der Waals surface area contributed by atoms with Crippen LogP contribution in [0.2, 0.25) is 0 Å². The van der Waals surface area contributed by atoms with E-state index in [1.54, 1.807) is 6.26 Å². The van der Waals surface area contributed by atoms with E-state index in [0.29, 0.717) is 6.61 Å². The van der Waals surface area contributed by atoms with Gasteiger partial charge in [-0.3, -0.25) is 0 Å². The highest BCUT2D eigenvalue weighted by Gasteiger charge is 2.19. The lowest BCUT2D eigenvalue weighted by Gasteiger charge is -2.19. The molecule has 0 spiro atoms. The summed E-state index contributed by atoms with van der Waals surface area (Å²) in [6.07, 6.45) is 1.41. The van der Waals surface area contributed by atoms with Crippen molar-refractivity contribution in [2.24, 2.45) is 5.73 Å². The predicted molar refractivity (Wildman–Crippen MR) is 74.0 cm³/mol. The second kappa shape index (κ2) is 6.18. The van der Waals surface area contributed by atoms with Crippen LogP contribution in [0.15, 0.2) is 51.6 Å². The van der Waals surface area contributed by atoms with Crippen LogP contribution in [0, 0.1) is 0 Å². The molecule has 2 aromatic rings. The molecule has 2 N–H and O–H groups in total. The average molecular weight is 310 g/mol. The molecule has 18 heavy (non-hydrogen) atoms. The van der Waals surface area contributed by atoms with Crippen LogP contribution in [-0.2, 0) is 11.3 Å². The van der Waals surface area contributed by atoms with Crippen LogP contribution >= 0.6 is 15.9 Å². The zero-order valence-electron chi connectivity index (χ0n) is 10.2. The van der Waals surface area contributed by atoms with Gasteiger partial charge in [0.2, 0.25) is 0 Å². The van der Waals surface area contributed by atoms with E-state index in [1.165, 1.54) is 0 Å². The Labute approximate surface area is 115 Å². The van der Waals surface area contributed by atoms with Crippen molar-refractivity contribution in [1.82, 2.24) is 0 Å². The van der Waals surface area contributed by atoms with Crippen molar-refractivity contribution in [2.75, 3.05) is 0 Å². The Morgan fingerprint density at radius 1 is 1.33 bits per heavy atom. The van der Waals surface area contributed by atoms with Crippen molar-refractivity contribution in [1.29, 1.82) is 0 Å². The van der Waals surface area contributed by atoms with Crippen LogP contribution < -0.4 is 5.73 Å². The minimum atomic E-state index is -0.223. The summed E-state index contributed by atoms with van der Waals surface area (Å²) in [6.45, 7) is 2.42. The van der Waals surface area contributed by atoms with E-state index in [-0.39, 0.29) is 12.1 Å².